The van der Waals surface area contributed by atoms with E-state index in [1.165, 1.54) is 0 Å². The van der Waals surface area contributed by atoms with Crippen molar-refractivity contribution in [2.75, 3.05) is 18.0 Å². The Hall–Kier alpha value is -1.56. The van der Waals surface area contributed by atoms with Gasteiger partial charge >= 0.3 is 6.09 Å². The smallest absolute Gasteiger partial charge is 0.407 e. The highest BCUT2D eigenvalue weighted by Crippen LogP contribution is 2.23. The van der Waals surface area contributed by atoms with Crippen LogP contribution in [0.5, 0.6) is 0 Å². The van der Waals surface area contributed by atoms with Gasteiger partial charge in [-0.25, -0.2) is 14.8 Å². The van der Waals surface area contributed by atoms with Crippen molar-refractivity contribution >= 4 is 23.6 Å². The highest BCUT2D eigenvalue weighted by atomic mass is 35.5. The van der Waals surface area contributed by atoms with Crippen LogP contribution in [-0.2, 0) is 4.74 Å². The van der Waals surface area contributed by atoms with Crippen LogP contribution in [0.15, 0.2) is 12.4 Å². The number of piperidine rings is 1. The highest BCUT2D eigenvalue weighted by Gasteiger charge is 2.28. The lowest BCUT2D eigenvalue weighted by Gasteiger charge is -2.36. The maximum absolute atomic E-state index is 11.9. The van der Waals surface area contributed by atoms with Gasteiger partial charge in [0.1, 0.15) is 5.60 Å². The fourth-order valence-corrected chi connectivity index (χ4v) is 2.78. The van der Waals surface area contributed by atoms with Crippen LogP contribution in [0, 0.1) is 5.92 Å². The van der Waals surface area contributed by atoms with Gasteiger partial charge in [0.15, 0.2) is 0 Å². The summed E-state index contributed by atoms with van der Waals surface area (Å²) < 4.78 is 5.32. The van der Waals surface area contributed by atoms with Crippen LogP contribution < -0.4 is 10.2 Å². The highest BCUT2D eigenvalue weighted by molar-refractivity contribution is 6.30. The Bertz CT molecular complexity index is 530. The number of carbonyl (C=O) groups excluding carboxylic acids is 1. The largest absolute Gasteiger partial charge is 0.444 e. The van der Waals surface area contributed by atoms with E-state index in [0.29, 0.717) is 16.9 Å². The second kappa shape index (κ2) is 7.34. The van der Waals surface area contributed by atoms with Crippen LogP contribution in [0.4, 0.5) is 10.7 Å². The molecule has 2 atom stereocenters. The van der Waals surface area contributed by atoms with Gasteiger partial charge in [0.25, 0.3) is 0 Å². The molecule has 1 aliphatic heterocycles. The number of rotatable bonds is 3. The fraction of sp³-hybridized carbons (Fsp3) is 0.688. The van der Waals surface area contributed by atoms with Crippen molar-refractivity contribution < 1.29 is 9.53 Å². The van der Waals surface area contributed by atoms with Crippen molar-refractivity contribution in [2.24, 2.45) is 5.92 Å². The number of alkyl carbamates (subject to hydrolysis) is 1. The van der Waals surface area contributed by atoms with Crippen LogP contribution >= 0.6 is 11.6 Å². The second-order valence-electron chi connectivity index (χ2n) is 6.98. The Morgan fingerprint density at radius 1 is 1.43 bits per heavy atom. The van der Waals surface area contributed by atoms with Crippen LogP contribution in [0.25, 0.3) is 0 Å². The summed E-state index contributed by atoms with van der Waals surface area (Å²) in [5.74, 6) is 1.01. The molecular weight excluding hydrogens is 316 g/mol. The Kier molecular flexibility index (Phi) is 5.68. The van der Waals surface area contributed by atoms with Gasteiger partial charge in [0, 0.05) is 19.1 Å². The number of carbonyl (C=O) groups is 1. The number of amides is 1. The van der Waals surface area contributed by atoms with Crippen molar-refractivity contribution in [3.05, 3.63) is 17.4 Å². The lowest BCUT2D eigenvalue weighted by molar-refractivity contribution is 0.0489. The molecule has 0 aromatic carbocycles. The third kappa shape index (κ3) is 5.53. The number of anilines is 1. The van der Waals surface area contributed by atoms with Crippen LogP contribution in [0.3, 0.4) is 0 Å². The predicted molar refractivity (Wildman–Crippen MR) is 90.8 cm³/mol. The molecule has 2 rings (SSSR count). The van der Waals surface area contributed by atoms with E-state index in [0.717, 1.165) is 25.9 Å². The van der Waals surface area contributed by atoms with E-state index in [2.05, 4.69) is 20.2 Å². The number of nitrogens with one attached hydrogen (secondary N) is 1. The van der Waals surface area contributed by atoms with Crippen molar-refractivity contribution in [1.82, 2.24) is 15.3 Å². The summed E-state index contributed by atoms with van der Waals surface area (Å²) in [6.45, 7) is 9.31. The lowest BCUT2D eigenvalue weighted by Crippen LogP contribution is -2.47. The van der Waals surface area contributed by atoms with E-state index < -0.39 is 5.60 Å². The molecule has 1 aromatic heterocycles. The molecule has 0 spiro atoms. The van der Waals surface area contributed by atoms with Crippen LogP contribution in [0.1, 0.15) is 40.5 Å². The van der Waals surface area contributed by atoms with E-state index in [-0.39, 0.29) is 12.1 Å². The Morgan fingerprint density at radius 3 is 2.70 bits per heavy atom. The second-order valence-corrected chi connectivity index (χ2v) is 7.42. The molecule has 1 amide bonds. The van der Waals surface area contributed by atoms with Gasteiger partial charge in [-0.2, -0.15) is 0 Å². The van der Waals surface area contributed by atoms with E-state index >= 15 is 0 Å². The first-order chi connectivity index (χ1) is 10.7. The first kappa shape index (κ1) is 17.8. The fourth-order valence-electron chi connectivity index (χ4n) is 2.68. The van der Waals surface area contributed by atoms with Crippen LogP contribution in [0.2, 0.25) is 5.02 Å². The molecule has 1 N–H and O–H groups in total. The molecule has 6 nitrogen and oxygen atoms in total. The van der Waals surface area contributed by atoms with Gasteiger partial charge in [-0.05, 0) is 46.5 Å². The molecule has 2 unspecified atom stereocenters. The number of ether oxygens (including phenoxy) is 1. The van der Waals surface area contributed by atoms with Gasteiger partial charge < -0.3 is 15.0 Å². The first-order valence-corrected chi connectivity index (χ1v) is 8.34. The molecule has 0 aliphatic carbocycles. The predicted octanol–water partition coefficient (Wildman–Crippen LogP) is 3.26. The molecule has 1 fully saturated rings. The minimum atomic E-state index is -0.487. The third-order valence-electron chi connectivity index (χ3n) is 3.80. The molecule has 0 radical (unpaired) electrons. The standard InChI is InChI=1S/C16H25ClN4O2/c1-11(20-15(22)23-16(2,3)4)12-6-5-7-21(10-12)14-18-8-13(17)9-19-14/h8-9,11-12H,5-7,10H2,1-4H3,(H,20,22). The number of halogens is 1. The van der Waals surface area contributed by atoms with Crippen molar-refractivity contribution in [1.29, 1.82) is 0 Å². The maximum Gasteiger partial charge on any atom is 0.407 e. The topological polar surface area (TPSA) is 67.3 Å². The average Bonchev–Trinajstić information content (AvgIpc) is 2.46. The molecule has 7 heteroatoms. The summed E-state index contributed by atoms with van der Waals surface area (Å²) in [6, 6.07) is 0.0277. The summed E-state index contributed by atoms with van der Waals surface area (Å²) in [6.07, 6.45) is 4.94. The minimum Gasteiger partial charge on any atom is -0.444 e. The first-order valence-electron chi connectivity index (χ1n) is 7.96. The van der Waals surface area contributed by atoms with Crippen LogP contribution in [-0.4, -0.2) is 40.8 Å². The average molecular weight is 341 g/mol. The molecule has 2 heterocycles. The van der Waals surface area contributed by atoms with E-state index in [4.69, 9.17) is 16.3 Å². The molecule has 1 saturated heterocycles. The zero-order valence-corrected chi connectivity index (χ0v) is 14.9. The lowest BCUT2D eigenvalue weighted by atomic mass is 9.92. The van der Waals surface area contributed by atoms with Crippen molar-refractivity contribution in [3.63, 3.8) is 0 Å². The summed E-state index contributed by atoms with van der Waals surface area (Å²) in [5.41, 5.74) is -0.487. The summed E-state index contributed by atoms with van der Waals surface area (Å²) >= 11 is 5.83. The van der Waals surface area contributed by atoms with E-state index in [1.54, 1.807) is 12.4 Å². The Morgan fingerprint density at radius 2 is 2.09 bits per heavy atom. The monoisotopic (exact) mass is 340 g/mol. The summed E-state index contributed by atoms with van der Waals surface area (Å²) in [7, 11) is 0. The number of hydrogen-bond acceptors (Lipinski definition) is 5. The number of nitrogens with zero attached hydrogens (tertiary/aromatic N) is 3. The zero-order valence-electron chi connectivity index (χ0n) is 14.2. The zero-order chi connectivity index (χ0) is 17.0. The summed E-state index contributed by atoms with van der Waals surface area (Å²) in [4.78, 5) is 22.6. The third-order valence-corrected chi connectivity index (χ3v) is 3.99. The SMILES string of the molecule is CC(NC(=O)OC(C)(C)C)C1CCCN(c2ncc(Cl)cn2)C1. The quantitative estimate of drug-likeness (QED) is 0.914. The van der Waals surface area contributed by atoms with Gasteiger partial charge in [-0.1, -0.05) is 11.6 Å². The van der Waals surface area contributed by atoms with Gasteiger partial charge in [0.05, 0.1) is 17.4 Å². The molecule has 0 saturated carbocycles. The van der Waals surface area contributed by atoms with Crippen molar-refractivity contribution in [2.45, 2.75) is 52.2 Å². The van der Waals surface area contributed by atoms with Crippen molar-refractivity contribution in [3.8, 4) is 0 Å². The van der Waals surface area contributed by atoms with Gasteiger partial charge in [0.2, 0.25) is 5.95 Å². The number of aromatic nitrogens is 2. The van der Waals surface area contributed by atoms with E-state index in [9.17, 15) is 4.79 Å². The van der Waals surface area contributed by atoms with Gasteiger partial charge in [-0.3, -0.25) is 0 Å². The van der Waals surface area contributed by atoms with E-state index in [1.807, 2.05) is 27.7 Å². The molecule has 0 bridgehead atoms. The molecule has 128 valence electrons. The summed E-state index contributed by atoms with van der Waals surface area (Å²) in [5, 5.41) is 3.47. The molecular formula is C16H25ClN4O2. The Labute approximate surface area is 142 Å². The molecule has 23 heavy (non-hydrogen) atoms. The van der Waals surface area contributed by atoms with Gasteiger partial charge in [-0.15, -0.1) is 0 Å². The Balaban J connectivity index is 1.92. The number of hydrogen-bond donors (Lipinski definition) is 1. The molecule has 1 aromatic rings. The molecule has 1 aliphatic rings. The minimum absolute atomic E-state index is 0.0277. The maximum atomic E-state index is 11.9. The normalized spacial score (nSPS) is 20.0.